The molecule has 0 saturated heterocycles. The molecule has 178 valence electrons. The first-order valence-electron chi connectivity index (χ1n) is 10.4. The molecule has 1 unspecified atom stereocenters. The topological polar surface area (TPSA) is 121 Å². The standard InChI is InChI=1S/C22H22ClN5O5S/c1-3-31-20(29)18-14(24-21(30)25-19(18)16-9-6-10-32-16)12-34-22-27-26-17(28(22)2)11-33-15-8-5-4-7-13(15)23/h4-10,19H,3,11-12H2,1-2H3,(H2,24,25,30). The summed E-state index contributed by atoms with van der Waals surface area (Å²) in [5.41, 5.74) is 0.679. The lowest BCUT2D eigenvalue weighted by atomic mass is 10.0. The van der Waals surface area contributed by atoms with E-state index >= 15 is 0 Å². The Balaban J connectivity index is 1.52. The third-order valence-electron chi connectivity index (χ3n) is 4.94. The van der Waals surface area contributed by atoms with E-state index in [0.29, 0.717) is 33.2 Å². The molecule has 0 saturated carbocycles. The number of furan rings is 1. The zero-order valence-electron chi connectivity index (χ0n) is 18.4. The van der Waals surface area contributed by atoms with E-state index in [4.69, 9.17) is 25.5 Å². The van der Waals surface area contributed by atoms with Crippen LogP contribution >= 0.6 is 23.4 Å². The number of rotatable bonds is 9. The number of halogens is 1. The quantitative estimate of drug-likeness (QED) is 0.335. The molecule has 4 rings (SSSR count). The molecule has 1 aliphatic rings. The molecule has 34 heavy (non-hydrogen) atoms. The van der Waals surface area contributed by atoms with Crippen molar-refractivity contribution >= 4 is 35.4 Å². The van der Waals surface area contributed by atoms with Gasteiger partial charge in [0, 0.05) is 18.5 Å². The molecule has 0 bridgehead atoms. The smallest absolute Gasteiger partial charge is 0.338 e. The largest absolute Gasteiger partial charge is 0.484 e. The molecule has 3 aromatic rings. The van der Waals surface area contributed by atoms with Gasteiger partial charge in [-0.25, -0.2) is 9.59 Å². The minimum Gasteiger partial charge on any atom is -0.484 e. The normalized spacial score (nSPS) is 15.6. The van der Waals surface area contributed by atoms with Crippen LogP contribution in [0, 0.1) is 0 Å². The number of esters is 1. The van der Waals surface area contributed by atoms with E-state index < -0.39 is 18.0 Å². The summed E-state index contributed by atoms with van der Waals surface area (Å²) in [7, 11) is 1.81. The number of carbonyl (C=O) groups excluding carboxylic acids is 2. The number of amides is 2. The molecule has 1 atom stereocenters. The van der Waals surface area contributed by atoms with E-state index in [1.807, 2.05) is 12.1 Å². The Hall–Kier alpha value is -3.44. The number of benzene rings is 1. The van der Waals surface area contributed by atoms with Gasteiger partial charge >= 0.3 is 12.0 Å². The summed E-state index contributed by atoms with van der Waals surface area (Å²) in [5.74, 6) is 1.27. The Bertz CT molecular complexity index is 1210. The summed E-state index contributed by atoms with van der Waals surface area (Å²) < 4.78 is 18.2. The van der Waals surface area contributed by atoms with Gasteiger partial charge in [0.05, 0.1) is 23.5 Å². The summed E-state index contributed by atoms with van der Waals surface area (Å²) in [5, 5.41) is 14.9. The number of nitrogens with zero attached hydrogens (tertiary/aromatic N) is 3. The predicted octanol–water partition coefficient (Wildman–Crippen LogP) is 3.60. The lowest BCUT2D eigenvalue weighted by Crippen LogP contribution is -2.46. The van der Waals surface area contributed by atoms with Gasteiger partial charge in [-0.3, -0.25) is 0 Å². The number of hydrogen-bond donors (Lipinski definition) is 2. The molecular formula is C22H22ClN5O5S. The van der Waals surface area contributed by atoms with Gasteiger partial charge < -0.3 is 29.1 Å². The number of carbonyl (C=O) groups is 2. The molecule has 12 heteroatoms. The maximum atomic E-state index is 12.8. The molecule has 10 nitrogen and oxygen atoms in total. The fraction of sp³-hybridized carbons (Fsp3) is 0.273. The number of nitrogens with one attached hydrogen (secondary N) is 2. The van der Waals surface area contributed by atoms with Crippen LogP contribution in [0.1, 0.15) is 24.6 Å². The van der Waals surface area contributed by atoms with Crippen molar-refractivity contribution in [3.63, 3.8) is 0 Å². The molecule has 3 heterocycles. The zero-order valence-corrected chi connectivity index (χ0v) is 20.0. The van der Waals surface area contributed by atoms with Crippen molar-refractivity contribution in [2.24, 2.45) is 7.05 Å². The second-order valence-electron chi connectivity index (χ2n) is 7.13. The molecule has 2 amide bonds. The van der Waals surface area contributed by atoms with Crippen LogP contribution in [0.4, 0.5) is 4.79 Å². The van der Waals surface area contributed by atoms with Crippen molar-refractivity contribution in [1.29, 1.82) is 0 Å². The summed E-state index contributed by atoms with van der Waals surface area (Å²) in [6.07, 6.45) is 1.48. The average molecular weight is 504 g/mol. The molecule has 2 aromatic heterocycles. The van der Waals surface area contributed by atoms with E-state index in [9.17, 15) is 9.59 Å². The molecule has 1 aliphatic heterocycles. The number of ether oxygens (including phenoxy) is 2. The molecule has 0 fully saturated rings. The van der Waals surface area contributed by atoms with Crippen molar-refractivity contribution < 1.29 is 23.5 Å². The van der Waals surface area contributed by atoms with Crippen LogP contribution in [0.15, 0.2) is 63.5 Å². The number of urea groups is 1. The first-order chi connectivity index (χ1) is 16.5. The minimum absolute atomic E-state index is 0.172. The first-order valence-corrected chi connectivity index (χ1v) is 11.7. The SMILES string of the molecule is CCOC(=O)C1=C(CSc2nnc(COc3ccccc3Cl)n2C)NC(=O)NC1c1ccco1. The minimum atomic E-state index is -0.766. The van der Waals surface area contributed by atoms with Gasteiger partial charge in [-0.15, -0.1) is 10.2 Å². The summed E-state index contributed by atoms with van der Waals surface area (Å²) >= 11 is 7.44. The number of thioether (sulfide) groups is 1. The number of aromatic nitrogens is 3. The van der Waals surface area contributed by atoms with Gasteiger partial charge in [-0.05, 0) is 31.2 Å². The third-order valence-corrected chi connectivity index (χ3v) is 6.30. The maximum Gasteiger partial charge on any atom is 0.338 e. The van der Waals surface area contributed by atoms with Crippen LogP contribution in [-0.4, -0.2) is 39.1 Å². The van der Waals surface area contributed by atoms with E-state index in [-0.39, 0.29) is 24.5 Å². The Morgan fingerprint density at radius 2 is 2.09 bits per heavy atom. The predicted molar refractivity (Wildman–Crippen MR) is 124 cm³/mol. The van der Waals surface area contributed by atoms with Crippen molar-refractivity contribution in [1.82, 2.24) is 25.4 Å². The average Bonchev–Trinajstić information content (AvgIpc) is 3.47. The Labute approximate surface area is 204 Å². The van der Waals surface area contributed by atoms with Gasteiger partial charge in [0.15, 0.2) is 11.0 Å². The Kier molecular flexibility index (Phi) is 7.43. The maximum absolute atomic E-state index is 12.8. The highest BCUT2D eigenvalue weighted by atomic mass is 35.5. The van der Waals surface area contributed by atoms with E-state index in [2.05, 4.69) is 20.8 Å². The molecule has 0 radical (unpaired) electrons. The van der Waals surface area contributed by atoms with E-state index in [1.54, 1.807) is 42.8 Å². The number of hydrogen-bond acceptors (Lipinski definition) is 8. The van der Waals surface area contributed by atoms with Crippen molar-refractivity contribution in [2.75, 3.05) is 12.4 Å². The Morgan fingerprint density at radius 1 is 1.26 bits per heavy atom. The van der Waals surface area contributed by atoms with Crippen LogP contribution in [0.25, 0.3) is 0 Å². The van der Waals surface area contributed by atoms with Crippen molar-refractivity contribution in [3.05, 3.63) is 70.5 Å². The lowest BCUT2D eigenvalue weighted by molar-refractivity contribution is -0.139. The van der Waals surface area contributed by atoms with Crippen LogP contribution in [0.5, 0.6) is 5.75 Å². The summed E-state index contributed by atoms with van der Waals surface area (Å²) in [6, 6.07) is 9.33. The molecule has 0 spiro atoms. The second kappa shape index (κ2) is 10.7. The van der Waals surface area contributed by atoms with Crippen LogP contribution in [0.3, 0.4) is 0 Å². The number of para-hydroxylation sites is 1. The highest BCUT2D eigenvalue weighted by Gasteiger charge is 2.35. The van der Waals surface area contributed by atoms with E-state index in [1.165, 1.54) is 18.0 Å². The fourth-order valence-electron chi connectivity index (χ4n) is 3.29. The zero-order chi connectivity index (χ0) is 24.1. The highest BCUT2D eigenvalue weighted by Crippen LogP contribution is 2.31. The third kappa shape index (κ3) is 5.20. The molecular weight excluding hydrogens is 482 g/mol. The van der Waals surface area contributed by atoms with Crippen LogP contribution < -0.4 is 15.4 Å². The lowest BCUT2D eigenvalue weighted by Gasteiger charge is -2.27. The first kappa shape index (κ1) is 23.7. The van der Waals surface area contributed by atoms with Gasteiger partial charge in [0.2, 0.25) is 0 Å². The molecule has 0 aliphatic carbocycles. The van der Waals surface area contributed by atoms with Crippen LogP contribution in [0.2, 0.25) is 5.02 Å². The van der Waals surface area contributed by atoms with Gasteiger partial charge in [0.1, 0.15) is 24.2 Å². The van der Waals surface area contributed by atoms with Crippen molar-refractivity contribution in [2.45, 2.75) is 24.7 Å². The molecule has 2 N–H and O–H groups in total. The van der Waals surface area contributed by atoms with Gasteiger partial charge in [-0.1, -0.05) is 35.5 Å². The van der Waals surface area contributed by atoms with Gasteiger partial charge in [-0.2, -0.15) is 0 Å². The monoisotopic (exact) mass is 503 g/mol. The second-order valence-corrected chi connectivity index (χ2v) is 8.47. The highest BCUT2D eigenvalue weighted by molar-refractivity contribution is 7.99. The summed E-state index contributed by atoms with van der Waals surface area (Å²) in [4.78, 5) is 25.1. The van der Waals surface area contributed by atoms with Gasteiger partial charge in [0.25, 0.3) is 0 Å². The van der Waals surface area contributed by atoms with E-state index in [0.717, 1.165) is 0 Å². The molecule has 1 aromatic carbocycles. The van der Waals surface area contributed by atoms with Crippen molar-refractivity contribution in [3.8, 4) is 5.75 Å². The summed E-state index contributed by atoms with van der Waals surface area (Å²) in [6.45, 7) is 2.08. The van der Waals surface area contributed by atoms with Crippen LogP contribution in [-0.2, 0) is 23.2 Å². The fourth-order valence-corrected chi connectivity index (χ4v) is 4.38. The Morgan fingerprint density at radius 3 is 2.82 bits per heavy atom.